The number of amides is 1. The van der Waals surface area contributed by atoms with Gasteiger partial charge in [0.2, 0.25) is 5.91 Å². The van der Waals surface area contributed by atoms with E-state index in [1.165, 1.54) is 0 Å². The molecule has 3 aromatic rings. The van der Waals surface area contributed by atoms with E-state index in [0.29, 0.717) is 19.5 Å². The molecule has 1 atom stereocenters. The summed E-state index contributed by atoms with van der Waals surface area (Å²) in [6.07, 6.45) is 4.19. The molecule has 0 saturated carbocycles. The maximum absolute atomic E-state index is 13.0. The van der Waals surface area contributed by atoms with E-state index < -0.39 is 0 Å². The molecule has 0 aliphatic carbocycles. The van der Waals surface area contributed by atoms with Crippen molar-refractivity contribution in [2.75, 3.05) is 7.11 Å². The molecule has 0 spiro atoms. The topological polar surface area (TPSA) is 47.4 Å². The molecular formula is C19H19N3O2S. The molecule has 3 heterocycles. The Labute approximate surface area is 150 Å². The Morgan fingerprint density at radius 2 is 2.20 bits per heavy atom. The van der Waals surface area contributed by atoms with Crippen molar-refractivity contribution in [3.8, 4) is 5.75 Å². The van der Waals surface area contributed by atoms with Gasteiger partial charge in [-0.1, -0.05) is 24.3 Å². The summed E-state index contributed by atoms with van der Waals surface area (Å²) in [5.41, 5.74) is 1.03. The third-order valence-electron chi connectivity index (χ3n) is 4.58. The number of methoxy groups -OCH3 is 1. The number of hydrogen-bond acceptors (Lipinski definition) is 4. The molecule has 1 aliphatic heterocycles. The number of carbonyl (C=O) groups excluding carboxylic acids is 1. The fraction of sp³-hybridized carbons (Fsp3) is 0.263. The summed E-state index contributed by atoms with van der Waals surface area (Å²) in [5.74, 6) is 1.85. The lowest BCUT2D eigenvalue weighted by molar-refractivity contribution is -0.135. The summed E-state index contributed by atoms with van der Waals surface area (Å²) < 4.78 is 7.66. The number of benzene rings is 1. The lowest BCUT2D eigenvalue weighted by Crippen LogP contribution is -2.41. The summed E-state index contributed by atoms with van der Waals surface area (Å²) in [7, 11) is 1.67. The fourth-order valence-corrected chi connectivity index (χ4v) is 4.03. The van der Waals surface area contributed by atoms with E-state index in [1.807, 2.05) is 52.9 Å². The number of imidazole rings is 1. The molecule has 1 aromatic carbocycles. The third kappa shape index (κ3) is 3.05. The molecule has 0 saturated heterocycles. The zero-order valence-corrected chi connectivity index (χ0v) is 14.8. The van der Waals surface area contributed by atoms with Crippen molar-refractivity contribution in [3.63, 3.8) is 0 Å². The van der Waals surface area contributed by atoms with Crippen LogP contribution in [0.4, 0.5) is 0 Å². The predicted octanol–water partition coefficient (Wildman–Crippen LogP) is 3.28. The first-order chi connectivity index (χ1) is 12.3. The normalized spacial score (nSPS) is 16.5. The van der Waals surface area contributed by atoms with Crippen LogP contribution in [0, 0.1) is 0 Å². The molecule has 0 N–H and O–H groups in total. The quantitative estimate of drug-likeness (QED) is 0.723. The smallest absolute Gasteiger partial charge is 0.228 e. The predicted molar refractivity (Wildman–Crippen MR) is 96.5 cm³/mol. The minimum absolute atomic E-state index is 0.0645. The van der Waals surface area contributed by atoms with Gasteiger partial charge in [0.1, 0.15) is 11.6 Å². The van der Waals surface area contributed by atoms with E-state index in [9.17, 15) is 4.79 Å². The van der Waals surface area contributed by atoms with Gasteiger partial charge in [-0.05, 0) is 17.5 Å². The third-order valence-corrected chi connectivity index (χ3v) is 5.46. The van der Waals surface area contributed by atoms with Crippen LogP contribution in [0.15, 0.2) is 54.2 Å². The molecule has 1 aliphatic rings. The van der Waals surface area contributed by atoms with E-state index >= 15 is 0 Å². The van der Waals surface area contributed by atoms with Crippen LogP contribution in [0.25, 0.3) is 0 Å². The first-order valence-corrected chi connectivity index (χ1v) is 9.09. The number of para-hydroxylation sites is 1. The molecule has 2 aromatic heterocycles. The molecule has 128 valence electrons. The van der Waals surface area contributed by atoms with Crippen LogP contribution in [0.3, 0.4) is 0 Å². The van der Waals surface area contributed by atoms with Crippen LogP contribution < -0.4 is 4.74 Å². The highest BCUT2D eigenvalue weighted by Crippen LogP contribution is 2.35. The van der Waals surface area contributed by atoms with Crippen molar-refractivity contribution in [2.24, 2.45) is 0 Å². The van der Waals surface area contributed by atoms with E-state index in [4.69, 9.17) is 4.74 Å². The highest BCUT2D eigenvalue weighted by Gasteiger charge is 2.33. The monoisotopic (exact) mass is 353 g/mol. The Morgan fingerprint density at radius 3 is 3.00 bits per heavy atom. The Bertz CT molecular complexity index is 872. The van der Waals surface area contributed by atoms with Crippen LogP contribution in [-0.2, 0) is 24.3 Å². The Kier molecular flexibility index (Phi) is 4.28. The van der Waals surface area contributed by atoms with Gasteiger partial charge in [-0.25, -0.2) is 4.98 Å². The minimum atomic E-state index is -0.0645. The molecule has 0 unspecified atom stereocenters. The van der Waals surface area contributed by atoms with Gasteiger partial charge in [-0.15, -0.1) is 11.3 Å². The summed E-state index contributed by atoms with van der Waals surface area (Å²) in [4.78, 5) is 20.4. The number of aromatic nitrogens is 2. The van der Waals surface area contributed by atoms with Crippen molar-refractivity contribution in [3.05, 3.63) is 70.4 Å². The summed E-state index contributed by atoms with van der Waals surface area (Å²) >= 11 is 1.61. The number of fused-ring (bicyclic) bond motifs is 1. The van der Waals surface area contributed by atoms with Gasteiger partial charge in [-0.2, -0.15) is 0 Å². The summed E-state index contributed by atoms with van der Waals surface area (Å²) in [6.45, 7) is 1.20. The van der Waals surface area contributed by atoms with E-state index in [2.05, 4.69) is 9.55 Å². The van der Waals surface area contributed by atoms with Crippen LogP contribution in [0.2, 0.25) is 0 Å². The molecule has 0 bridgehead atoms. The Balaban J connectivity index is 1.69. The SMILES string of the molecule is COc1ccccc1[C@H]1Cn2ccnc2CN1C(=O)Cc1cccs1. The number of rotatable bonds is 4. The molecule has 0 fully saturated rings. The summed E-state index contributed by atoms with van der Waals surface area (Å²) in [5, 5.41) is 2.00. The number of nitrogens with zero attached hydrogens (tertiary/aromatic N) is 3. The second-order valence-electron chi connectivity index (χ2n) is 6.03. The highest BCUT2D eigenvalue weighted by atomic mass is 32.1. The number of thiophene rings is 1. The van der Waals surface area contributed by atoms with Crippen molar-refractivity contribution in [2.45, 2.75) is 25.6 Å². The average Bonchev–Trinajstić information content (AvgIpc) is 3.31. The molecule has 1 amide bonds. The zero-order valence-electron chi connectivity index (χ0n) is 14.0. The Hall–Kier alpha value is -2.60. The first kappa shape index (κ1) is 15.9. The molecule has 0 radical (unpaired) electrons. The van der Waals surface area contributed by atoms with Gasteiger partial charge in [0, 0.05) is 29.4 Å². The molecule has 25 heavy (non-hydrogen) atoms. The van der Waals surface area contributed by atoms with E-state index in [0.717, 1.165) is 22.0 Å². The molecule has 4 rings (SSSR count). The minimum Gasteiger partial charge on any atom is -0.496 e. The van der Waals surface area contributed by atoms with Gasteiger partial charge in [0.15, 0.2) is 0 Å². The van der Waals surface area contributed by atoms with Gasteiger partial charge in [-0.3, -0.25) is 4.79 Å². The van der Waals surface area contributed by atoms with Gasteiger partial charge in [0.25, 0.3) is 0 Å². The van der Waals surface area contributed by atoms with Crippen molar-refractivity contribution >= 4 is 17.2 Å². The molecular weight excluding hydrogens is 334 g/mol. The second kappa shape index (κ2) is 6.72. The lowest BCUT2D eigenvalue weighted by Gasteiger charge is -2.37. The summed E-state index contributed by atoms with van der Waals surface area (Å²) in [6, 6.07) is 11.8. The van der Waals surface area contributed by atoms with Crippen molar-refractivity contribution in [1.82, 2.24) is 14.5 Å². The van der Waals surface area contributed by atoms with Crippen molar-refractivity contribution in [1.29, 1.82) is 0 Å². The largest absolute Gasteiger partial charge is 0.496 e. The van der Waals surface area contributed by atoms with Crippen LogP contribution >= 0.6 is 11.3 Å². The lowest BCUT2D eigenvalue weighted by atomic mass is 10.0. The van der Waals surface area contributed by atoms with E-state index in [1.54, 1.807) is 24.6 Å². The molecule has 6 heteroatoms. The molecule has 5 nitrogen and oxygen atoms in total. The zero-order chi connectivity index (χ0) is 17.2. The van der Waals surface area contributed by atoms with Crippen molar-refractivity contribution < 1.29 is 9.53 Å². The van der Waals surface area contributed by atoms with Crippen LogP contribution in [0.1, 0.15) is 22.3 Å². The second-order valence-corrected chi connectivity index (χ2v) is 7.06. The Morgan fingerprint density at radius 1 is 1.32 bits per heavy atom. The fourth-order valence-electron chi connectivity index (χ4n) is 3.34. The maximum Gasteiger partial charge on any atom is 0.228 e. The number of carbonyl (C=O) groups is 1. The average molecular weight is 353 g/mol. The number of hydrogen-bond donors (Lipinski definition) is 0. The van der Waals surface area contributed by atoms with Crippen LogP contribution in [0.5, 0.6) is 5.75 Å². The maximum atomic E-state index is 13.0. The van der Waals surface area contributed by atoms with Gasteiger partial charge < -0.3 is 14.2 Å². The van der Waals surface area contributed by atoms with Gasteiger partial charge >= 0.3 is 0 Å². The van der Waals surface area contributed by atoms with Gasteiger partial charge in [0.05, 0.1) is 26.1 Å². The first-order valence-electron chi connectivity index (χ1n) is 8.21. The van der Waals surface area contributed by atoms with Crippen LogP contribution in [-0.4, -0.2) is 27.5 Å². The number of ether oxygens (including phenoxy) is 1. The van der Waals surface area contributed by atoms with E-state index in [-0.39, 0.29) is 11.9 Å². The standard InChI is InChI=1S/C19H19N3O2S/c1-24-17-7-3-2-6-15(17)16-12-21-9-8-20-18(21)13-22(16)19(23)11-14-5-4-10-25-14/h2-10,16H,11-13H2,1H3/t16-/m1/s1. The highest BCUT2D eigenvalue weighted by molar-refractivity contribution is 7.10.